The Morgan fingerprint density at radius 3 is 2.20 bits per heavy atom. The van der Waals surface area contributed by atoms with Crippen LogP contribution in [-0.4, -0.2) is 37.0 Å². The summed E-state index contributed by atoms with van der Waals surface area (Å²) < 4.78 is 0. The molecule has 3 nitrogen and oxygen atoms in total. The number of hydrogen-bond donors (Lipinski definition) is 1. The molecular formula is C12H22N2O. The van der Waals surface area contributed by atoms with Gasteiger partial charge in [-0.1, -0.05) is 20.8 Å². The number of carbonyl (C=O) groups is 1. The lowest BCUT2D eigenvalue weighted by Gasteiger charge is -2.53. The number of amides is 1. The molecule has 2 aliphatic heterocycles. The summed E-state index contributed by atoms with van der Waals surface area (Å²) in [5.74, 6) is 0.312. The van der Waals surface area contributed by atoms with Crippen LogP contribution < -0.4 is 5.32 Å². The van der Waals surface area contributed by atoms with Gasteiger partial charge < -0.3 is 10.2 Å². The maximum absolute atomic E-state index is 12.0. The van der Waals surface area contributed by atoms with Crippen LogP contribution in [0.15, 0.2) is 0 Å². The molecule has 2 heterocycles. The molecular weight excluding hydrogens is 188 g/mol. The molecule has 1 N–H and O–H groups in total. The maximum Gasteiger partial charge on any atom is 0.227 e. The van der Waals surface area contributed by atoms with Crippen molar-refractivity contribution in [2.75, 3.05) is 26.2 Å². The van der Waals surface area contributed by atoms with Crippen molar-refractivity contribution in [1.29, 1.82) is 0 Å². The molecule has 0 aliphatic carbocycles. The van der Waals surface area contributed by atoms with Gasteiger partial charge in [-0.2, -0.15) is 0 Å². The number of hydrogen-bond acceptors (Lipinski definition) is 2. The Bertz CT molecular complexity index is 253. The molecule has 0 aromatic heterocycles. The normalized spacial score (nSPS) is 25.1. The molecule has 0 unspecified atom stereocenters. The third-order valence-corrected chi connectivity index (χ3v) is 3.65. The predicted molar refractivity (Wildman–Crippen MR) is 60.6 cm³/mol. The molecule has 2 fully saturated rings. The molecule has 2 saturated heterocycles. The molecule has 86 valence electrons. The molecule has 3 heteroatoms. The monoisotopic (exact) mass is 210 g/mol. The lowest BCUT2D eigenvalue weighted by molar-refractivity contribution is -0.153. The number of rotatable bonds is 0. The summed E-state index contributed by atoms with van der Waals surface area (Å²) in [5.41, 5.74) is 0.251. The van der Waals surface area contributed by atoms with E-state index >= 15 is 0 Å². The summed E-state index contributed by atoms with van der Waals surface area (Å²) in [4.78, 5) is 14.0. The first-order valence-corrected chi connectivity index (χ1v) is 5.93. The molecule has 0 saturated carbocycles. The van der Waals surface area contributed by atoms with Gasteiger partial charge in [0.05, 0.1) is 0 Å². The van der Waals surface area contributed by atoms with Crippen LogP contribution in [0.4, 0.5) is 0 Å². The van der Waals surface area contributed by atoms with E-state index in [9.17, 15) is 4.79 Å². The third kappa shape index (κ3) is 2.03. The SMILES string of the molecule is CC(C)(C)C(=O)N1CC2(CCNCC2)C1. The van der Waals surface area contributed by atoms with E-state index in [4.69, 9.17) is 0 Å². The highest BCUT2D eigenvalue weighted by atomic mass is 16.2. The van der Waals surface area contributed by atoms with Crippen LogP contribution in [0.3, 0.4) is 0 Å². The molecule has 1 amide bonds. The van der Waals surface area contributed by atoms with Crippen LogP contribution in [0.5, 0.6) is 0 Å². The minimum Gasteiger partial charge on any atom is -0.341 e. The van der Waals surface area contributed by atoms with Gasteiger partial charge in [0.15, 0.2) is 0 Å². The van der Waals surface area contributed by atoms with Crippen molar-refractivity contribution >= 4 is 5.91 Å². The van der Waals surface area contributed by atoms with Gasteiger partial charge in [0, 0.05) is 23.9 Å². The first-order valence-electron chi connectivity index (χ1n) is 5.93. The molecule has 0 radical (unpaired) electrons. The first-order chi connectivity index (χ1) is 6.93. The highest BCUT2D eigenvalue weighted by molar-refractivity contribution is 5.82. The zero-order valence-electron chi connectivity index (χ0n) is 10.1. The predicted octanol–water partition coefficient (Wildman–Crippen LogP) is 1.24. The van der Waals surface area contributed by atoms with Gasteiger partial charge in [0.2, 0.25) is 5.91 Å². The number of likely N-dealkylation sites (tertiary alicyclic amines) is 1. The Balaban J connectivity index is 1.89. The first kappa shape index (κ1) is 10.9. The zero-order valence-corrected chi connectivity index (χ0v) is 10.1. The summed E-state index contributed by atoms with van der Waals surface area (Å²) in [6.45, 7) is 10.2. The van der Waals surface area contributed by atoms with E-state index < -0.39 is 0 Å². The Kier molecular flexibility index (Phi) is 2.53. The average molecular weight is 210 g/mol. The molecule has 2 rings (SSSR count). The Morgan fingerprint density at radius 1 is 1.20 bits per heavy atom. The molecule has 0 atom stereocenters. The standard InChI is InChI=1S/C12H22N2O/c1-11(2,3)10(15)14-8-12(9-14)4-6-13-7-5-12/h13H,4-9H2,1-3H3. The van der Waals surface area contributed by atoms with E-state index in [1.165, 1.54) is 12.8 Å². The van der Waals surface area contributed by atoms with Crippen molar-refractivity contribution in [3.05, 3.63) is 0 Å². The fourth-order valence-electron chi connectivity index (χ4n) is 2.65. The van der Waals surface area contributed by atoms with Crippen LogP contribution in [0.1, 0.15) is 33.6 Å². The van der Waals surface area contributed by atoms with Crippen molar-refractivity contribution in [2.24, 2.45) is 10.8 Å². The summed E-state index contributed by atoms with van der Waals surface area (Å²) in [6.07, 6.45) is 2.47. The molecule has 2 aliphatic rings. The van der Waals surface area contributed by atoms with Gasteiger partial charge in [-0.05, 0) is 25.9 Å². The quantitative estimate of drug-likeness (QED) is 0.652. The maximum atomic E-state index is 12.0. The highest BCUT2D eigenvalue weighted by Gasteiger charge is 2.47. The van der Waals surface area contributed by atoms with Crippen LogP contribution in [0.25, 0.3) is 0 Å². The van der Waals surface area contributed by atoms with Crippen molar-refractivity contribution in [2.45, 2.75) is 33.6 Å². The molecule has 1 spiro atoms. The number of nitrogens with zero attached hydrogens (tertiary/aromatic N) is 1. The number of piperidine rings is 1. The highest BCUT2D eigenvalue weighted by Crippen LogP contribution is 2.40. The zero-order chi connectivity index (χ0) is 11.1. The summed E-state index contributed by atoms with van der Waals surface area (Å²) in [6, 6.07) is 0. The lowest BCUT2D eigenvalue weighted by Crippen LogP contribution is -2.63. The smallest absolute Gasteiger partial charge is 0.227 e. The summed E-state index contributed by atoms with van der Waals surface area (Å²) >= 11 is 0. The number of carbonyl (C=O) groups excluding carboxylic acids is 1. The minimum atomic E-state index is -0.214. The van der Waals surface area contributed by atoms with E-state index in [2.05, 4.69) is 5.32 Å². The molecule has 15 heavy (non-hydrogen) atoms. The van der Waals surface area contributed by atoms with E-state index in [1.807, 2.05) is 25.7 Å². The van der Waals surface area contributed by atoms with E-state index in [0.717, 1.165) is 26.2 Å². The van der Waals surface area contributed by atoms with Crippen molar-refractivity contribution in [3.63, 3.8) is 0 Å². The fourth-order valence-corrected chi connectivity index (χ4v) is 2.65. The van der Waals surface area contributed by atoms with Gasteiger partial charge in [-0.15, -0.1) is 0 Å². The van der Waals surface area contributed by atoms with E-state index in [0.29, 0.717) is 11.3 Å². The van der Waals surface area contributed by atoms with Gasteiger partial charge >= 0.3 is 0 Å². The Labute approximate surface area is 92.2 Å². The van der Waals surface area contributed by atoms with Crippen LogP contribution in [0, 0.1) is 10.8 Å². The molecule has 0 bridgehead atoms. The second-order valence-corrected chi connectivity index (χ2v) is 6.16. The summed E-state index contributed by atoms with van der Waals surface area (Å²) in [7, 11) is 0. The topological polar surface area (TPSA) is 32.3 Å². The third-order valence-electron chi connectivity index (χ3n) is 3.65. The van der Waals surface area contributed by atoms with Crippen molar-refractivity contribution in [3.8, 4) is 0 Å². The van der Waals surface area contributed by atoms with Crippen molar-refractivity contribution in [1.82, 2.24) is 10.2 Å². The van der Waals surface area contributed by atoms with Crippen LogP contribution in [0.2, 0.25) is 0 Å². The second-order valence-electron chi connectivity index (χ2n) is 6.16. The van der Waals surface area contributed by atoms with E-state index in [1.54, 1.807) is 0 Å². The Hall–Kier alpha value is -0.570. The fraction of sp³-hybridized carbons (Fsp3) is 0.917. The van der Waals surface area contributed by atoms with Crippen LogP contribution >= 0.6 is 0 Å². The summed E-state index contributed by atoms with van der Waals surface area (Å²) in [5, 5.41) is 3.38. The largest absolute Gasteiger partial charge is 0.341 e. The van der Waals surface area contributed by atoms with Gasteiger partial charge in [-0.3, -0.25) is 4.79 Å². The van der Waals surface area contributed by atoms with Gasteiger partial charge in [-0.25, -0.2) is 0 Å². The van der Waals surface area contributed by atoms with Gasteiger partial charge in [0.1, 0.15) is 0 Å². The second kappa shape index (κ2) is 3.48. The van der Waals surface area contributed by atoms with E-state index in [-0.39, 0.29) is 5.41 Å². The molecule has 0 aromatic rings. The molecule has 0 aromatic carbocycles. The minimum absolute atomic E-state index is 0.214. The number of nitrogens with one attached hydrogen (secondary N) is 1. The lowest BCUT2D eigenvalue weighted by atomic mass is 9.71. The van der Waals surface area contributed by atoms with Crippen molar-refractivity contribution < 1.29 is 4.79 Å². The van der Waals surface area contributed by atoms with Gasteiger partial charge in [0.25, 0.3) is 0 Å². The van der Waals surface area contributed by atoms with Crippen LogP contribution in [-0.2, 0) is 4.79 Å². The average Bonchev–Trinajstić information content (AvgIpc) is 2.13. The Morgan fingerprint density at radius 2 is 1.73 bits per heavy atom.